The first-order chi connectivity index (χ1) is 11.4. The number of hydrogen-bond acceptors (Lipinski definition) is 4. The number of rotatable bonds is 4. The Morgan fingerprint density at radius 2 is 1.71 bits per heavy atom. The lowest BCUT2D eigenvalue weighted by atomic mass is 10.2. The first-order valence-corrected chi connectivity index (χ1v) is 8.53. The first-order valence-electron chi connectivity index (χ1n) is 7.04. The van der Waals surface area contributed by atoms with Gasteiger partial charge < -0.3 is 14.8 Å². The Kier molecular flexibility index (Phi) is 6.38. The van der Waals surface area contributed by atoms with Crippen LogP contribution in [-0.4, -0.2) is 25.2 Å². The number of anilines is 1. The van der Waals surface area contributed by atoms with E-state index in [2.05, 4.69) is 33.2 Å². The number of benzene rings is 2. The number of amides is 1. The second-order valence-corrected chi connectivity index (χ2v) is 6.62. The zero-order valence-electron chi connectivity index (χ0n) is 13.5. The van der Waals surface area contributed by atoms with Crippen molar-refractivity contribution in [2.24, 2.45) is 0 Å². The fourth-order valence-corrected chi connectivity index (χ4v) is 2.88. The van der Waals surface area contributed by atoms with Gasteiger partial charge in [0.1, 0.15) is 11.5 Å². The fourth-order valence-electron chi connectivity index (χ4n) is 2.03. The van der Waals surface area contributed by atoms with Crippen molar-refractivity contribution in [1.82, 2.24) is 5.32 Å². The highest BCUT2D eigenvalue weighted by atomic mass is 127. The van der Waals surface area contributed by atoms with Crippen molar-refractivity contribution in [3.05, 3.63) is 51.1 Å². The van der Waals surface area contributed by atoms with Crippen molar-refractivity contribution in [1.29, 1.82) is 0 Å². The molecule has 0 aliphatic heterocycles. The van der Waals surface area contributed by atoms with Crippen LogP contribution in [0.3, 0.4) is 0 Å². The Hall–Kier alpha value is -1.87. The van der Waals surface area contributed by atoms with E-state index in [9.17, 15) is 4.79 Å². The predicted molar refractivity (Wildman–Crippen MR) is 107 cm³/mol. The molecule has 2 aromatic carbocycles. The van der Waals surface area contributed by atoms with Gasteiger partial charge >= 0.3 is 0 Å². The molecule has 0 unspecified atom stereocenters. The SMILES string of the molecule is COc1cc(OC)cc(C(=O)NC(=S)Nc2ccc(I)cc2C)c1. The molecule has 7 heteroatoms. The first kappa shape index (κ1) is 18.5. The summed E-state index contributed by atoms with van der Waals surface area (Å²) < 4.78 is 11.5. The molecule has 24 heavy (non-hydrogen) atoms. The van der Waals surface area contributed by atoms with Gasteiger partial charge in [0.15, 0.2) is 5.11 Å². The third-order valence-corrected chi connectivity index (χ3v) is 4.15. The average molecular weight is 456 g/mol. The van der Waals surface area contributed by atoms with Crippen molar-refractivity contribution in [2.45, 2.75) is 6.92 Å². The number of carbonyl (C=O) groups excluding carboxylic acids is 1. The minimum Gasteiger partial charge on any atom is -0.497 e. The predicted octanol–water partition coefficient (Wildman–Crippen LogP) is 3.74. The van der Waals surface area contributed by atoms with E-state index in [-0.39, 0.29) is 11.0 Å². The molecular weight excluding hydrogens is 439 g/mol. The van der Waals surface area contributed by atoms with Gasteiger partial charge in [-0.05, 0) is 77.6 Å². The summed E-state index contributed by atoms with van der Waals surface area (Å²) in [6, 6.07) is 10.9. The molecule has 0 aromatic heterocycles. The molecule has 2 aromatic rings. The number of carbonyl (C=O) groups is 1. The Labute approximate surface area is 159 Å². The molecule has 0 fully saturated rings. The molecule has 0 atom stereocenters. The van der Waals surface area contributed by atoms with Crippen LogP contribution in [0.15, 0.2) is 36.4 Å². The van der Waals surface area contributed by atoms with E-state index < -0.39 is 0 Å². The molecule has 2 rings (SSSR count). The van der Waals surface area contributed by atoms with Crippen LogP contribution >= 0.6 is 34.8 Å². The van der Waals surface area contributed by atoms with Gasteiger partial charge in [0.2, 0.25) is 0 Å². The Balaban J connectivity index is 2.10. The van der Waals surface area contributed by atoms with Crippen LogP contribution in [-0.2, 0) is 0 Å². The standard InChI is InChI=1S/C17H17IN2O3S/c1-10-6-12(18)4-5-15(10)19-17(24)20-16(21)11-7-13(22-2)9-14(8-11)23-3/h4-9H,1-3H3,(H2,19,20,21,24). The molecule has 0 bridgehead atoms. The van der Waals surface area contributed by atoms with E-state index in [0.29, 0.717) is 17.1 Å². The smallest absolute Gasteiger partial charge is 0.257 e. The van der Waals surface area contributed by atoms with E-state index in [1.807, 2.05) is 25.1 Å². The third-order valence-electron chi connectivity index (χ3n) is 3.28. The zero-order valence-corrected chi connectivity index (χ0v) is 16.4. The molecule has 0 saturated heterocycles. The molecule has 0 aliphatic carbocycles. The van der Waals surface area contributed by atoms with E-state index >= 15 is 0 Å². The van der Waals surface area contributed by atoms with Crippen LogP contribution < -0.4 is 20.1 Å². The maximum absolute atomic E-state index is 12.4. The molecule has 126 valence electrons. The Morgan fingerprint density at radius 3 is 2.25 bits per heavy atom. The number of methoxy groups -OCH3 is 2. The number of aryl methyl sites for hydroxylation is 1. The lowest BCUT2D eigenvalue weighted by Gasteiger charge is -2.13. The van der Waals surface area contributed by atoms with Gasteiger partial charge in [0.05, 0.1) is 14.2 Å². The topological polar surface area (TPSA) is 59.6 Å². The minimum atomic E-state index is -0.340. The van der Waals surface area contributed by atoms with Crippen molar-refractivity contribution in [2.75, 3.05) is 19.5 Å². The van der Waals surface area contributed by atoms with Crippen molar-refractivity contribution in [3.8, 4) is 11.5 Å². The second kappa shape index (κ2) is 8.29. The monoisotopic (exact) mass is 456 g/mol. The zero-order chi connectivity index (χ0) is 17.7. The lowest BCUT2D eigenvalue weighted by Crippen LogP contribution is -2.34. The van der Waals surface area contributed by atoms with E-state index in [1.54, 1.807) is 18.2 Å². The van der Waals surface area contributed by atoms with E-state index in [1.165, 1.54) is 14.2 Å². The summed E-state index contributed by atoms with van der Waals surface area (Å²) in [4.78, 5) is 12.4. The molecule has 0 aliphatic rings. The number of thiocarbonyl (C=S) groups is 1. The van der Waals surface area contributed by atoms with Gasteiger partial charge in [-0.3, -0.25) is 10.1 Å². The van der Waals surface area contributed by atoms with Gasteiger partial charge in [-0.15, -0.1) is 0 Å². The van der Waals surface area contributed by atoms with Gasteiger partial charge in [-0.25, -0.2) is 0 Å². The third kappa shape index (κ3) is 4.81. The molecule has 0 saturated carbocycles. The Morgan fingerprint density at radius 1 is 1.08 bits per heavy atom. The van der Waals surface area contributed by atoms with Crippen molar-refractivity contribution in [3.63, 3.8) is 0 Å². The van der Waals surface area contributed by atoms with Crippen LogP contribution in [0.4, 0.5) is 5.69 Å². The number of ether oxygens (including phenoxy) is 2. The lowest BCUT2D eigenvalue weighted by molar-refractivity contribution is 0.0977. The molecular formula is C17H17IN2O3S. The van der Waals surface area contributed by atoms with Crippen LogP contribution in [0.5, 0.6) is 11.5 Å². The van der Waals surface area contributed by atoms with Gasteiger partial charge in [-0.1, -0.05) is 0 Å². The summed E-state index contributed by atoms with van der Waals surface area (Å²) in [7, 11) is 3.06. The van der Waals surface area contributed by atoms with Crippen LogP contribution in [0.1, 0.15) is 15.9 Å². The van der Waals surface area contributed by atoms with Crippen molar-refractivity contribution >= 4 is 51.5 Å². The Bertz CT molecular complexity index is 758. The van der Waals surface area contributed by atoms with Gasteiger partial charge in [0.25, 0.3) is 5.91 Å². The quantitative estimate of drug-likeness (QED) is 0.543. The minimum absolute atomic E-state index is 0.228. The summed E-state index contributed by atoms with van der Waals surface area (Å²) in [6.07, 6.45) is 0. The average Bonchev–Trinajstić information content (AvgIpc) is 2.56. The maximum atomic E-state index is 12.4. The molecule has 2 N–H and O–H groups in total. The molecule has 5 nitrogen and oxygen atoms in total. The molecule has 0 radical (unpaired) electrons. The highest BCUT2D eigenvalue weighted by Crippen LogP contribution is 2.22. The number of nitrogens with one attached hydrogen (secondary N) is 2. The largest absolute Gasteiger partial charge is 0.497 e. The van der Waals surface area contributed by atoms with Crippen LogP contribution in [0.2, 0.25) is 0 Å². The van der Waals surface area contributed by atoms with E-state index in [0.717, 1.165) is 14.8 Å². The normalized spacial score (nSPS) is 10.0. The maximum Gasteiger partial charge on any atom is 0.257 e. The summed E-state index contributed by atoms with van der Waals surface area (Å²) in [5.74, 6) is 0.728. The van der Waals surface area contributed by atoms with Crippen molar-refractivity contribution < 1.29 is 14.3 Å². The number of halogens is 1. The van der Waals surface area contributed by atoms with Crippen LogP contribution in [0.25, 0.3) is 0 Å². The molecule has 0 spiro atoms. The second-order valence-electron chi connectivity index (χ2n) is 4.97. The number of hydrogen-bond donors (Lipinski definition) is 2. The fraction of sp³-hybridized carbons (Fsp3) is 0.176. The summed E-state index contributed by atoms with van der Waals surface area (Å²) in [5, 5.41) is 5.91. The molecule has 0 heterocycles. The highest BCUT2D eigenvalue weighted by molar-refractivity contribution is 14.1. The molecule has 1 amide bonds. The highest BCUT2D eigenvalue weighted by Gasteiger charge is 2.12. The summed E-state index contributed by atoms with van der Waals surface area (Å²) in [6.45, 7) is 1.97. The van der Waals surface area contributed by atoms with Gasteiger partial charge in [0, 0.05) is 20.9 Å². The van der Waals surface area contributed by atoms with Gasteiger partial charge in [-0.2, -0.15) is 0 Å². The summed E-state index contributed by atoms with van der Waals surface area (Å²) in [5.41, 5.74) is 2.29. The van der Waals surface area contributed by atoms with Crippen LogP contribution in [0, 0.1) is 10.5 Å². The van der Waals surface area contributed by atoms with E-state index in [4.69, 9.17) is 21.7 Å². The summed E-state index contributed by atoms with van der Waals surface area (Å²) >= 11 is 7.46.